The van der Waals surface area contributed by atoms with E-state index in [1.54, 1.807) is 0 Å². The number of hydrogen-bond acceptors (Lipinski definition) is 4. The van der Waals surface area contributed by atoms with E-state index in [2.05, 4.69) is 304 Å². The van der Waals surface area contributed by atoms with Crippen molar-refractivity contribution in [1.29, 1.82) is 0 Å². The SMILES string of the molecule is Cc1cc(-c2cc(C)c(N(c3ccccc3-c3ccccc3)c3cccc4c3sc3cc(-c5ccccc5)ccc34)c(C)c2)cc(C)c1N(c1ccccc1-c1ccccc1)c1cccc2c1sc1cc(-c3ccccc3)ccc12. The van der Waals surface area contributed by atoms with E-state index in [0.717, 1.165) is 11.4 Å². The maximum Gasteiger partial charge on any atom is 0.0640 e. The summed E-state index contributed by atoms with van der Waals surface area (Å²) in [6.07, 6.45) is 0. The molecule has 0 saturated carbocycles. The van der Waals surface area contributed by atoms with Crippen molar-refractivity contribution in [2.75, 3.05) is 9.80 Å². The number of fused-ring (bicyclic) bond motifs is 6. The highest BCUT2D eigenvalue weighted by Gasteiger charge is 2.27. The number of benzene rings is 12. The Morgan fingerprint density at radius 3 is 0.938 bits per heavy atom. The van der Waals surface area contributed by atoms with E-state index in [1.165, 1.54) is 141 Å². The van der Waals surface area contributed by atoms with Gasteiger partial charge in [0.2, 0.25) is 0 Å². The van der Waals surface area contributed by atoms with Crippen LogP contribution < -0.4 is 9.80 Å². The Bertz CT molecular complexity index is 4290. The van der Waals surface area contributed by atoms with Crippen molar-refractivity contribution >= 4 is 97.1 Å². The summed E-state index contributed by atoms with van der Waals surface area (Å²) in [6.45, 7) is 9.19. The van der Waals surface area contributed by atoms with E-state index in [1.807, 2.05) is 22.7 Å². The Morgan fingerprint density at radius 1 is 0.237 bits per heavy atom. The highest BCUT2D eigenvalue weighted by Crippen LogP contribution is 2.52. The fraction of sp³-hybridized carbons (Fsp3) is 0.0526. The van der Waals surface area contributed by atoms with Gasteiger partial charge < -0.3 is 9.80 Å². The minimum absolute atomic E-state index is 1.14. The second kappa shape index (κ2) is 20.5. The van der Waals surface area contributed by atoms with Crippen LogP contribution in [0.5, 0.6) is 0 Å². The van der Waals surface area contributed by atoms with Crippen LogP contribution in [0, 0.1) is 27.7 Å². The molecule has 0 aliphatic rings. The molecule has 0 amide bonds. The third-order valence-electron chi connectivity index (χ3n) is 15.9. The lowest BCUT2D eigenvalue weighted by molar-refractivity contribution is 1.22. The second-order valence-corrected chi connectivity index (χ2v) is 23.1. The molecular formula is C76H56N2S2. The third kappa shape index (κ3) is 8.65. The highest BCUT2D eigenvalue weighted by molar-refractivity contribution is 7.27. The minimum atomic E-state index is 1.14. The van der Waals surface area contributed by atoms with Crippen LogP contribution in [0.25, 0.3) is 96.0 Å². The average molecular weight is 1060 g/mol. The fourth-order valence-corrected chi connectivity index (χ4v) is 14.8. The van der Waals surface area contributed by atoms with Crippen LogP contribution in [0.15, 0.2) is 267 Å². The molecule has 80 heavy (non-hydrogen) atoms. The van der Waals surface area contributed by atoms with Crippen LogP contribution in [0.4, 0.5) is 34.1 Å². The number of aryl methyl sites for hydroxylation is 4. The van der Waals surface area contributed by atoms with Gasteiger partial charge in [0.05, 0.1) is 43.5 Å². The molecule has 12 aromatic carbocycles. The van der Waals surface area contributed by atoms with Gasteiger partial charge in [-0.3, -0.25) is 0 Å². The van der Waals surface area contributed by atoms with Crippen molar-refractivity contribution in [2.24, 2.45) is 0 Å². The topological polar surface area (TPSA) is 6.48 Å². The first-order valence-electron chi connectivity index (χ1n) is 27.5. The van der Waals surface area contributed by atoms with Crippen LogP contribution >= 0.6 is 22.7 Å². The lowest BCUT2D eigenvalue weighted by atomic mass is 9.93. The Balaban J connectivity index is 0.923. The number of hydrogen-bond donors (Lipinski definition) is 0. The normalized spacial score (nSPS) is 11.5. The molecule has 0 atom stereocenters. The van der Waals surface area contributed by atoms with Crippen LogP contribution in [-0.4, -0.2) is 0 Å². The molecule has 0 spiro atoms. The molecule has 382 valence electrons. The molecule has 0 fully saturated rings. The molecule has 0 aliphatic carbocycles. The average Bonchev–Trinajstić information content (AvgIpc) is 4.24. The summed E-state index contributed by atoms with van der Waals surface area (Å²) in [7, 11) is 0. The summed E-state index contributed by atoms with van der Waals surface area (Å²) < 4.78 is 5.09. The first kappa shape index (κ1) is 49.0. The maximum absolute atomic E-state index is 2.55. The monoisotopic (exact) mass is 1060 g/mol. The number of nitrogens with zero attached hydrogens (tertiary/aromatic N) is 2. The molecule has 4 heteroatoms. The fourth-order valence-electron chi connectivity index (χ4n) is 12.3. The summed E-state index contributed by atoms with van der Waals surface area (Å²) in [6, 6.07) is 98.2. The molecule has 14 rings (SSSR count). The lowest BCUT2D eigenvalue weighted by Crippen LogP contribution is -2.15. The van der Waals surface area contributed by atoms with Gasteiger partial charge in [-0.05, 0) is 155 Å². The van der Waals surface area contributed by atoms with Gasteiger partial charge in [0, 0.05) is 42.1 Å². The first-order valence-corrected chi connectivity index (χ1v) is 29.1. The molecular weight excluding hydrogens is 1000 g/mol. The zero-order chi connectivity index (χ0) is 53.8. The molecule has 0 N–H and O–H groups in total. The zero-order valence-electron chi connectivity index (χ0n) is 45.1. The highest BCUT2D eigenvalue weighted by atomic mass is 32.1. The largest absolute Gasteiger partial charge is 0.308 e. The number of thiophene rings is 2. The van der Waals surface area contributed by atoms with Gasteiger partial charge in [0.15, 0.2) is 0 Å². The van der Waals surface area contributed by atoms with Gasteiger partial charge >= 0.3 is 0 Å². The van der Waals surface area contributed by atoms with Gasteiger partial charge in [-0.1, -0.05) is 206 Å². The van der Waals surface area contributed by atoms with Crippen molar-refractivity contribution in [3.63, 3.8) is 0 Å². The van der Waals surface area contributed by atoms with Gasteiger partial charge in [-0.25, -0.2) is 0 Å². The molecule has 0 unspecified atom stereocenters. The van der Waals surface area contributed by atoms with Crippen LogP contribution in [0.1, 0.15) is 22.3 Å². The molecule has 0 aliphatic heterocycles. The number of rotatable bonds is 11. The summed E-state index contributed by atoms with van der Waals surface area (Å²) >= 11 is 3.77. The Morgan fingerprint density at radius 2 is 0.562 bits per heavy atom. The molecule has 2 aromatic heterocycles. The van der Waals surface area contributed by atoms with Crippen molar-refractivity contribution in [2.45, 2.75) is 27.7 Å². The van der Waals surface area contributed by atoms with E-state index >= 15 is 0 Å². The van der Waals surface area contributed by atoms with E-state index in [4.69, 9.17) is 0 Å². The van der Waals surface area contributed by atoms with Gasteiger partial charge in [0.25, 0.3) is 0 Å². The van der Waals surface area contributed by atoms with Crippen LogP contribution in [0.2, 0.25) is 0 Å². The molecule has 2 nitrogen and oxygen atoms in total. The number of para-hydroxylation sites is 2. The minimum Gasteiger partial charge on any atom is -0.308 e. The summed E-state index contributed by atoms with van der Waals surface area (Å²) in [4.78, 5) is 5.09. The standard InChI is InChI=1S/C76H56N2S2/c1-49-43-59(44-50(2)73(49)77(67-35-19-17-31-61(67)55-27-13-7-14-28-55)69-37-21-33-65-63-41-39-57(47-71(63)79-75(65)69)53-23-9-5-10-24-53)60-45-51(3)74(52(4)46-60)78(68-36-20-18-32-62(68)56-29-15-8-16-30-56)70-38-22-34-66-64-42-40-58(48-72(64)80-76(66)70)54-25-11-6-12-26-54/h5-48H,1-4H3. The zero-order valence-corrected chi connectivity index (χ0v) is 46.7. The Hall–Kier alpha value is -9.32. The Labute approximate surface area is 476 Å². The molecule has 0 saturated heterocycles. The summed E-state index contributed by atoms with van der Waals surface area (Å²) in [5.41, 5.74) is 23.9. The molecule has 14 aromatic rings. The first-order chi connectivity index (χ1) is 39.3. The van der Waals surface area contributed by atoms with E-state index in [0.29, 0.717) is 0 Å². The number of anilines is 6. The van der Waals surface area contributed by atoms with Crippen LogP contribution in [0.3, 0.4) is 0 Å². The Kier molecular flexibility index (Phi) is 12.5. The molecule has 0 radical (unpaired) electrons. The predicted octanol–water partition coefficient (Wildman–Crippen LogP) is 22.9. The van der Waals surface area contributed by atoms with Gasteiger partial charge in [0.1, 0.15) is 0 Å². The molecule has 0 bridgehead atoms. The second-order valence-electron chi connectivity index (χ2n) is 21.0. The van der Waals surface area contributed by atoms with Gasteiger partial charge in [-0.2, -0.15) is 0 Å². The van der Waals surface area contributed by atoms with Gasteiger partial charge in [-0.15, -0.1) is 22.7 Å². The molecule has 2 heterocycles. The maximum atomic E-state index is 2.55. The predicted molar refractivity (Wildman–Crippen MR) is 348 cm³/mol. The van der Waals surface area contributed by atoms with Crippen molar-refractivity contribution in [3.8, 4) is 55.6 Å². The van der Waals surface area contributed by atoms with E-state index in [-0.39, 0.29) is 0 Å². The van der Waals surface area contributed by atoms with Crippen LogP contribution in [-0.2, 0) is 0 Å². The van der Waals surface area contributed by atoms with Crippen molar-refractivity contribution in [3.05, 3.63) is 289 Å². The lowest BCUT2D eigenvalue weighted by Gasteiger charge is -2.32. The smallest absolute Gasteiger partial charge is 0.0640 e. The van der Waals surface area contributed by atoms with Crippen molar-refractivity contribution < 1.29 is 0 Å². The quantitative estimate of drug-likeness (QED) is 0.127. The third-order valence-corrected chi connectivity index (χ3v) is 18.3. The summed E-state index contributed by atoms with van der Waals surface area (Å²) in [5.74, 6) is 0. The van der Waals surface area contributed by atoms with E-state index in [9.17, 15) is 0 Å². The van der Waals surface area contributed by atoms with E-state index < -0.39 is 0 Å². The summed E-state index contributed by atoms with van der Waals surface area (Å²) in [5, 5.41) is 5.09. The van der Waals surface area contributed by atoms with Crippen molar-refractivity contribution in [1.82, 2.24) is 0 Å².